The van der Waals surface area contributed by atoms with E-state index in [1.54, 1.807) is 12.1 Å². The number of halogens is 1. The zero-order chi connectivity index (χ0) is 13.0. The summed E-state index contributed by atoms with van der Waals surface area (Å²) >= 11 is 6.15. The standard InChI is InChI=1S/C15H16ClNO/c1-11(14-4-2-3-5-15(14)16)17-10-12-6-8-13(18)9-7-12/h2-9,11,17-18H,10H2,1H3. The van der Waals surface area contributed by atoms with Crippen molar-refractivity contribution in [2.24, 2.45) is 0 Å². The van der Waals surface area contributed by atoms with Crippen LogP contribution in [0.2, 0.25) is 5.02 Å². The molecule has 2 nitrogen and oxygen atoms in total. The molecule has 0 aliphatic heterocycles. The fraction of sp³-hybridized carbons (Fsp3) is 0.200. The summed E-state index contributed by atoms with van der Waals surface area (Å²) in [6.07, 6.45) is 0. The summed E-state index contributed by atoms with van der Waals surface area (Å²) in [5.41, 5.74) is 2.23. The number of nitrogens with one attached hydrogen (secondary N) is 1. The van der Waals surface area contributed by atoms with Crippen LogP contribution in [0.3, 0.4) is 0 Å². The second-order valence-corrected chi connectivity index (χ2v) is 4.70. The quantitative estimate of drug-likeness (QED) is 0.875. The third-order valence-corrected chi connectivity index (χ3v) is 3.26. The molecule has 0 fully saturated rings. The van der Waals surface area contributed by atoms with Crippen LogP contribution in [0, 0.1) is 0 Å². The average Bonchev–Trinajstić information content (AvgIpc) is 2.38. The zero-order valence-corrected chi connectivity index (χ0v) is 11.0. The Morgan fingerprint density at radius 1 is 1.11 bits per heavy atom. The SMILES string of the molecule is CC(NCc1ccc(O)cc1)c1ccccc1Cl. The highest BCUT2D eigenvalue weighted by atomic mass is 35.5. The number of hydrogen-bond donors (Lipinski definition) is 2. The van der Waals surface area contributed by atoms with Crippen molar-refractivity contribution in [3.8, 4) is 5.75 Å². The molecule has 1 atom stereocenters. The molecule has 94 valence electrons. The molecule has 0 spiro atoms. The summed E-state index contributed by atoms with van der Waals surface area (Å²) in [5, 5.41) is 13.4. The van der Waals surface area contributed by atoms with E-state index in [0.29, 0.717) is 0 Å². The molecular weight excluding hydrogens is 246 g/mol. The highest BCUT2D eigenvalue weighted by Gasteiger charge is 2.08. The van der Waals surface area contributed by atoms with Crippen LogP contribution < -0.4 is 5.32 Å². The van der Waals surface area contributed by atoms with Crippen LogP contribution in [0.15, 0.2) is 48.5 Å². The van der Waals surface area contributed by atoms with Gasteiger partial charge >= 0.3 is 0 Å². The van der Waals surface area contributed by atoms with E-state index >= 15 is 0 Å². The van der Waals surface area contributed by atoms with E-state index in [0.717, 1.165) is 22.7 Å². The largest absolute Gasteiger partial charge is 0.508 e. The number of phenols is 1. The molecule has 0 saturated carbocycles. The van der Waals surface area contributed by atoms with Crippen LogP contribution in [0.5, 0.6) is 5.75 Å². The third-order valence-electron chi connectivity index (χ3n) is 2.92. The van der Waals surface area contributed by atoms with Crippen molar-refractivity contribution in [3.63, 3.8) is 0 Å². The van der Waals surface area contributed by atoms with Gasteiger partial charge in [0.2, 0.25) is 0 Å². The van der Waals surface area contributed by atoms with E-state index in [2.05, 4.69) is 12.2 Å². The maximum atomic E-state index is 9.21. The van der Waals surface area contributed by atoms with Crippen LogP contribution in [0.1, 0.15) is 24.1 Å². The van der Waals surface area contributed by atoms with Gasteiger partial charge in [0.25, 0.3) is 0 Å². The van der Waals surface area contributed by atoms with Gasteiger partial charge in [0.05, 0.1) is 0 Å². The lowest BCUT2D eigenvalue weighted by Gasteiger charge is -2.15. The lowest BCUT2D eigenvalue weighted by atomic mass is 10.1. The van der Waals surface area contributed by atoms with Gasteiger partial charge in [-0.15, -0.1) is 0 Å². The van der Waals surface area contributed by atoms with E-state index in [9.17, 15) is 5.11 Å². The van der Waals surface area contributed by atoms with Crippen LogP contribution in [-0.2, 0) is 6.54 Å². The minimum atomic E-state index is 0.188. The van der Waals surface area contributed by atoms with Crippen molar-refractivity contribution >= 4 is 11.6 Å². The number of phenolic OH excluding ortho intramolecular Hbond substituents is 1. The van der Waals surface area contributed by atoms with Crippen molar-refractivity contribution in [1.82, 2.24) is 5.32 Å². The van der Waals surface area contributed by atoms with Gasteiger partial charge < -0.3 is 10.4 Å². The van der Waals surface area contributed by atoms with Crippen LogP contribution in [-0.4, -0.2) is 5.11 Å². The third kappa shape index (κ3) is 3.25. The van der Waals surface area contributed by atoms with Gasteiger partial charge in [-0.05, 0) is 36.2 Å². The molecule has 3 heteroatoms. The molecule has 0 heterocycles. The maximum absolute atomic E-state index is 9.21. The molecule has 0 aliphatic rings. The lowest BCUT2D eigenvalue weighted by molar-refractivity contribution is 0.474. The summed E-state index contributed by atoms with van der Waals surface area (Å²) in [5.74, 6) is 0.290. The molecule has 2 aromatic carbocycles. The van der Waals surface area contributed by atoms with Gasteiger partial charge in [0.1, 0.15) is 5.75 Å². The zero-order valence-electron chi connectivity index (χ0n) is 10.2. The van der Waals surface area contributed by atoms with E-state index < -0.39 is 0 Å². The molecule has 1 unspecified atom stereocenters. The van der Waals surface area contributed by atoms with Crippen molar-refractivity contribution in [3.05, 3.63) is 64.7 Å². The molecule has 18 heavy (non-hydrogen) atoms. The normalized spacial score (nSPS) is 12.3. The van der Waals surface area contributed by atoms with Gasteiger partial charge in [-0.25, -0.2) is 0 Å². The Balaban J connectivity index is 1.98. The molecule has 2 aromatic rings. The van der Waals surface area contributed by atoms with Gasteiger partial charge in [-0.3, -0.25) is 0 Å². The van der Waals surface area contributed by atoms with Gasteiger partial charge in [-0.2, -0.15) is 0 Å². The second kappa shape index (κ2) is 5.89. The summed E-state index contributed by atoms with van der Waals surface area (Å²) in [7, 11) is 0. The van der Waals surface area contributed by atoms with Gasteiger partial charge in [-0.1, -0.05) is 41.9 Å². The molecule has 0 radical (unpaired) electrons. The molecule has 0 saturated heterocycles. The van der Waals surface area contributed by atoms with Crippen LogP contribution >= 0.6 is 11.6 Å². The number of hydrogen-bond acceptors (Lipinski definition) is 2. The lowest BCUT2D eigenvalue weighted by Crippen LogP contribution is -2.18. The Morgan fingerprint density at radius 3 is 2.44 bits per heavy atom. The van der Waals surface area contributed by atoms with Gasteiger partial charge in [0.15, 0.2) is 0 Å². The van der Waals surface area contributed by atoms with Crippen LogP contribution in [0.4, 0.5) is 0 Å². The first-order valence-corrected chi connectivity index (χ1v) is 6.30. The fourth-order valence-electron chi connectivity index (χ4n) is 1.82. The molecular formula is C15H16ClNO. The van der Waals surface area contributed by atoms with E-state index in [1.165, 1.54) is 0 Å². The van der Waals surface area contributed by atoms with Crippen molar-refractivity contribution in [1.29, 1.82) is 0 Å². The molecule has 0 aromatic heterocycles. The first-order valence-electron chi connectivity index (χ1n) is 5.92. The number of aromatic hydroxyl groups is 1. The summed E-state index contributed by atoms with van der Waals surface area (Å²) in [4.78, 5) is 0. The predicted molar refractivity (Wildman–Crippen MR) is 74.8 cm³/mol. The Hall–Kier alpha value is -1.51. The molecule has 0 amide bonds. The number of benzene rings is 2. The van der Waals surface area contributed by atoms with Gasteiger partial charge in [0, 0.05) is 17.6 Å². The molecule has 2 rings (SSSR count). The highest BCUT2D eigenvalue weighted by molar-refractivity contribution is 6.31. The first kappa shape index (κ1) is 12.9. The van der Waals surface area contributed by atoms with E-state index in [4.69, 9.17) is 11.6 Å². The van der Waals surface area contributed by atoms with E-state index in [-0.39, 0.29) is 11.8 Å². The van der Waals surface area contributed by atoms with Crippen LogP contribution in [0.25, 0.3) is 0 Å². The minimum absolute atomic E-state index is 0.188. The monoisotopic (exact) mass is 261 g/mol. The molecule has 0 bridgehead atoms. The summed E-state index contributed by atoms with van der Waals surface area (Å²) in [6, 6.07) is 15.2. The number of rotatable bonds is 4. The molecule has 2 N–H and O–H groups in total. The highest BCUT2D eigenvalue weighted by Crippen LogP contribution is 2.22. The summed E-state index contributed by atoms with van der Waals surface area (Å²) in [6.45, 7) is 2.83. The minimum Gasteiger partial charge on any atom is -0.508 e. The second-order valence-electron chi connectivity index (χ2n) is 4.29. The maximum Gasteiger partial charge on any atom is 0.115 e. The molecule has 0 aliphatic carbocycles. The Bertz CT molecular complexity index is 510. The topological polar surface area (TPSA) is 32.3 Å². The summed E-state index contributed by atoms with van der Waals surface area (Å²) < 4.78 is 0. The van der Waals surface area contributed by atoms with Crippen molar-refractivity contribution in [2.45, 2.75) is 19.5 Å². The first-order chi connectivity index (χ1) is 8.66. The van der Waals surface area contributed by atoms with Crippen molar-refractivity contribution < 1.29 is 5.11 Å². The smallest absolute Gasteiger partial charge is 0.115 e. The van der Waals surface area contributed by atoms with E-state index in [1.807, 2.05) is 36.4 Å². The average molecular weight is 262 g/mol. The Labute approximate surface area is 112 Å². The predicted octanol–water partition coefficient (Wildman–Crippen LogP) is 3.90. The Morgan fingerprint density at radius 2 is 1.78 bits per heavy atom. The van der Waals surface area contributed by atoms with Crippen molar-refractivity contribution in [2.75, 3.05) is 0 Å². The fourth-order valence-corrected chi connectivity index (χ4v) is 2.12. The Kier molecular flexibility index (Phi) is 4.24.